The molecule has 0 saturated carbocycles. The highest BCUT2D eigenvalue weighted by Crippen LogP contribution is 2.18. The Labute approximate surface area is 77.0 Å². The summed E-state index contributed by atoms with van der Waals surface area (Å²) in [6, 6.07) is 6.03. The third-order valence-corrected chi connectivity index (χ3v) is 2.45. The molecule has 0 atom stereocenters. The number of thioether (sulfide) groups is 1. The van der Waals surface area contributed by atoms with E-state index < -0.39 is 0 Å². The lowest BCUT2D eigenvalue weighted by Crippen LogP contribution is -1.84. The minimum atomic E-state index is 0.833. The molecule has 1 rings (SSSR count). The van der Waals surface area contributed by atoms with Crippen LogP contribution in [0.3, 0.4) is 0 Å². The second-order valence-corrected chi connectivity index (χ2v) is 3.81. The van der Waals surface area contributed by atoms with E-state index in [1.54, 1.807) is 0 Å². The van der Waals surface area contributed by atoms with Gasteiger partial charge in [-0.1, -0.05) is 17.7 Å². The van der Waals surface area contributed by atoms with Gasteiger partial charge >= 0.3 is 0 Å². The monoisotopic (exact) mass is 186 g/mol. The molecule has 0 saturated heterocycles. The standard InChI is InChI=1S/C9H11ClS/c1-7-3-4-9(10)5-8(7)6-11-2/h3-5H,6H2,1-2H3. The Balaban J connectivity index is 2.93. The van der Waals surface area contributed by atoms with Crippen molar-refractivity contribution in [2.24, 2.45) is 0 Å². The SMILES string of the molecule is CSCc1cc(Cl)ccc1C. The van der Waals surface area contributed by atoms with Gasteiger partial charge in [-0.25, -0.2) is 0 Å². The van der Waals surface area contributed by atoms with Gasteiger partial charge in [-0.2, -0.15) is 11.8 Å². The second-order valence-electron chi connectivity index (χ2n) is 2.50. The topological polar surface area (TPSA) is 0 Å². The van der Waals surface area contributed by atoms with Crippen LogP contribution in [0.1, 0.15) is 11.1 Å². The molecule has 0 unspecified atom stereocenters. The molecule has 0 bridgehead atoms. The fourth-order valence-electron chi connectivity index (χ4n) is 0.951. The van der Waals surface area contributed by atoms with Crippen molar-refractivity contribution < 1.29 is 0 Å². The number of hydrogen-bond donors (Lipinski definition) is 0. The molecule has 0 aromatic heterocycles. The lowest BCUT2D eigenvalue weighted by atomic mass is 10.1. The molecule has 0 amide bonds. The smallest absolute Gasteiger partial charge is 0.0409 e. The summed E-state index contributed by atoms with van der Waals surface area (Å²) in [7, 11) is 0. The van der Waals surface area contributed by atoms with Crippen LogP contribution >= 0.6 is 23.4 Å². The molecular formula is C9H11ClS. The van der Waals surface area contributed by atoms with E-state index in [0.717, 1.165) is 10.8 Å². The van der Waals surface area contributed by atoms with Crippen LogP contribution in [0.2, 0.25) is 5.02 Å². The van der Waals surface area contributed by atoms with E-state index in [1.165, 1.54) is 11.1 Å². The molecule has 1 aromatic rings. The fourth-order valence-corrected chi connectivity index (χ4v) is 1.77. The van der Waals surface area contributed by atoms with Crippen molar-refractivity contribution in [2.75, 3.05) is 6.26 Å². The quantitative estimate of drug-likeness (QED) is 0.681. The number of benzene rings is 1. The van der Waals surface area contributed by atoms with Gasteiger partial charge in [0.25, 0.3) is 0 Å². The number of halogens is 1. The van der Waals surface area contributed by atoms with Crippen molar-refractivity contribution in [3.05, 3.63) is 34.3 Å². The lowest BCUT2D eigenvalue weighted by molar-refractivity contribution is 1.31. The van der Waals surface area contributed by atoms with Gasteiger partial charge in [-0.3, -0.25) is 0 Å². The molecule has 11 heavy (non-hydrogen) atoms. The second kappa shape index (κ2) is 4.03. The molecule has 0 radical (unpaired) electrons. The summed E-state index contributed by atoms with van der Waals surface area (Å²) in [6.07, 6.45) is 2.10. The molecule has 0 nitrogen and oxygen atoms in total. The van der Waals surface area contributed by atoms with Crippen molar-refractivity contribution in [3.8, 4) is 0 Å². The van der Waals surface area contributed by atoms with Gasteiger partial charge in [0.15, 0.2) is 0 Å². The van der Waals surface area contributed by atoms with E-state index in [4.69, 9.17) is 11.6 Å². The summed E-state index contributed by atoms with van der Waals surface area (Å²) in [6.45, 7) is 2.11. The van der Waals surface area contributed by atoms with Crippen LogP contribution < -0.4 is 0 Å². The van der Waals surface area contributed by atoms with Gasteiger partial charge in [-0.05, 0) is 36.4 Å². The average Bonchev–Trinajstić information content (AvgIpc) is 1.98. The first-order valence-corrected chi connectivity index (χ1v) is 5.25. The Bertz CT molecular complexity index is 245. The fraction of sp³-hybridized carbons (Fsp3) is 0.333. The lowest BCUT2D eigenvalue weighted by Gasteiger charge is -2.03. The first-order valence-electron chi connectivity index (χ1n) is 3.48. The van der Waals surface area contributed by atoms with E-state index in [2.05, 4.69) is 19.2 Å². The molecule has 0 heterocycles. The Morgan fingerprint density at radius 2 is 2.18 bits per heavy atom. The number of aryl methyl sites for hydroxylation is 1. The first-order chi connectivity index (χ1) is 5.24. The number of rotatable bonds is 2. The highest BCUT2D eigenvalue weighted by atomic mass is 35.5. The molecule has 0 spiro atoms. The zero-order valence-electron chi connectivity index (χ0n) is 6.73. The van der Waals surface area contributed by atoms with Gasteiger partial charge < -0.3 is 0 Å². The van der Waals surface area contributed by atoms with Crippen molar-refractivity contribution in [1.29, 1.82) is 0 Å². The minimum absolute atomic E-state index is 0.833. The highest BCUT2D eigenvalue weighted by molar-refractivity contribution is 7.97. The third kappa shape index (κ3) is 2.42. The van der Waals surface area contributed by atoms with Crippen LogP contribution in [0.5, 0.6) is 0 Å². The predicted molar refractivity (Wildman–Crippen MR) is 53.4 cm³/mol. The van der Waals surface area contributed by atoms with Gasteiger partial charge in [-0.15, -0.1) is 0 Å². The van der Waals surface area contributed by atoms with Crippen LogP contribution in [-0.2, 0) is 5.75 Å². The molecule has 0 N–H and O–H groups in total. The molecule has 0 aliphatic carbocycles. The summed E-state index contributed by atoms with van der Waals surface area (Å²) in [4.78, 5) is 0. The molecule has 0 fully saturated rings. The Morgan fingerprint density at radius 1 is 1.45 bits per heavy atom. The maximum atomic E-state index is 5.84. The van der Waals surface area contributed by atoms with Crippen LogP contribution in [0.4, 0.5) is 0 Å². The summed E-state index contributed by atoms with van der Waals surface area (Å²) >= 11 is 7.66. The van der Waals surface area contributed by atoms with E-state index in [9.17, 15) is 0 Å². The van der Waals surface area contributed by atoms with Gasteiger partial charge in [0.1, 0.15) is 0 Å². The van der Waals surface area contributed by atoms with E-state index in [1.807, 2.05) is 23.9 Å². The maximum Gasteiger partial charge on any atom is 0.0409 e. The Kier molecular flexibility index (Phi) is 3.28. The van der Waals surface area contributed by atoms with Crippen LogP contribution in [0.25, 0.3) is 0 Å². The average molecular weight is 187 g/mol. The van der Waals surface area contributed by atoms with Crippen molar-refractivity contribution in [2.45, 2.75) is 12.7 Å². The van der Waals surface area contributed by atoms with Gasteiger partial charge in [0.05, 0.1) is 0 Å². The minimum Gasteiger partial charge on any atom is -0.161 e. The van der Waals surface area contributed by atoms with Crippen molar-refractivity contribution >= 4 is 23.4 Å². The first kappa shape index (κ1) is 8.95. The summed E-state index contributed by atoms with van der Waals surface area (Å²) in [5.74, 6) is 1.05. The summed E-state index contributed by atoms with van der Waals surface area (Å²) in [5, 5.41) is 0.833. The van der Waals surface area contributed by atoms with Gasteiger partial charge in [0, 0.05) is 10.8 Å². The van der Waals surface area contributed by atoms with Crippen LogP contribution in [-0.4, -0.2) is 6.26 Å². The molecule has 2 heteroatoms. The molecule has 60 valence electrons. The normalized spacial score (nSPS) is 10.1. The maximum absolute atomic E-state index is 5.84. The zero-order chi connectivity index (χ0) is 8.27. The van der Waals surface area contributed by atoms with E-state index in [-0.39, 0.29) is 0 Å². The van der Waals surface area contributed by atoms with E-state index in [0.29, 0.717) is 0 Å². The predicted octanol–water partition coefficient (Wildman–Crippen LogP) is 3.51. The third-order valence-electron chi connectivity index (χ3n) is 1.61. The Hall–Kier alpha value is -0.140. The largest absolute Gasteiger partial charge is 0.161 e. The summed E-state index contributed by atoms with van der Waals surface area (Å²) < 4.78 is 0. The summed E-state index contributed by atoms with van der Waals surface area (Å²) in [5.41, 5.74) is 2.66. The van der Waals surface area contributed by atoms with Crippen LogP contribution in [0.15, 0.2) is 18.2 Å². The molecule has 0 aliphatic heterocycles. The zero-order valence-corrected chi connectivity index (χ0v) is 8.30. The van der Waals surface area contributed by atoms with Crippen molar-refractivity contribution in [1.82, 2.24) is 0 Å². The highest BCUT2D eigenvalue weighted by Gasteiger charge is 1.97. The van der Waals surface area contributed by atoms with E-state index >= 15 is 0 Å². The molecular weight excluding hydrogens is 176 g/mol. The Morgan fingerprint density at radius 3 is 2.82 bits per heavy atom. The number of hydrogen-bond acceptors (Lipinski definition) is 1. The van der Waals surface area contributed by atoms with Gasteiger partial charge in [0.2, 0.25) is 0 Å². The molecule has 1 aromatic carbocycles. The molecule has 0 aliphatic rings. The van der Waals surface area contributed by atoms with Crippen LogP contribution in [0, 0.1) is 6.92 Å². The van der Waals surface area contributed by atoms with Crippen molar-refractivity contribution in [3.63, 3.8) is 0 Å².